The Bertz CT molecular complexity index is 1390. The Kier molecular flexibility index (Phi) is 6.36. The van der Waals surface area contributed by atoms with Gasteiger partial charge < -0.3 is 9.64 Å². The average Bonchev–Trinajstić information content (AvgIpc) is 2.82. The molecular formula is C28H29F2N3O3S. The molecule has 194 valence electrons. The van der Waals surface area contributed by atoms with Crippen molar-refractivity contribution < 1.29 is 21.9 Å². The first-order valence-corrected chi connectivity index (χ1v) is 14.4. The Morgan fingerprint density at radius 1 is 1.03 bits per heavy atom. The van der Waals surface area contributed by atoms with Crippen molar-refractivity contribution in [2.24, 2.45) is 5.92 Å². The van der Waals surface area contributed by atoms with Crippen molar-refractivity contribution in [3.8, 4) is 5.75 Å². The monoisotopic (exact) mass is 525 g/mol. The summed E-state index contributed by atoms with van der Waals surface area (Å²) in [5.74, 6) is -1.03. The molecule has 6 rings (SSSR count). The lowest BCUT2D eigenvalue weighted by Crippen LogP contribution is -2.53. The van der Waals surface area contributed by atoms with E-state index in [-0.39, 0.29) is 34.3 Å². The molecule has 2 atom stereocenters. The molecule has 0 bridgehead atoms. The minimum absolute atomic E-state index is 0.164. The number of anilines is 1. The maximum Gasteiger partial charge on any atom is 0.231 e. The predicted octanol–water partition coefficient (Wildman–Crippen LogP) is 4.06. The van der Waals surface area contributed by atoms with Crippen LogP contribution in [0.5, 0.6) is 5.75 Å². The van der Waals surface area contributed by atoms with Gasteiger partial charge in [0.2, 0.25) is 5.95 Å². The van der Waals surface area contributed by atoms with Gasteiger partial charge in [0.1, 0.15) is 23.1 Å². The molecule has 6 nitrogen and oxygen atoms in total. The first-order chi connectivity index (χ1) is 17.9. The summed E-state index contributed by atoms with van der Waals surface area (Å²) >= 11 is 0. The van der Waals surface area contributed by atoms with Crippen molar-refractivity contribution in [2.75, 3.05) is 43.4 Å². The summed E-state index contributed by atoms with van der Waals surface area (Å²) in [6, 6.07) is 16.6. The summed E-state index contributed by atoms with van der Waals surface area (Å²) in [6.07, 6.45) is 3.23. The lowest BCUT2D eigenvalue weighted by atomic mass is 9.81. The molecule has 3 aromatic rings. The van der Waals surface area contributed by atoms with Gasteiger partial charge in [-0.25, -0.2) is 17.8 Å². The smallest absolute Gasteiger partial charge is 0.231 e. The minimum atomic E-state index is -3.82. The van der Waals surface area contributed by atoms with Crippen LogP contribution in [0.2, 0.25) is 0 Å². The molecule has 2 fully saturated rings. The molecule has 0 saturated carbocycles. The Morgan fingerprint density at radius 3 is 2.51 bits per heavy atom. The molecule has 3 aliphatic heterocycles. The summed E-state index contributed by atoms with van der Waals surface area (Å²) < 4.78 is 60.7. The van der Waals surface area contributed by atoms with Crippen molar-refractivity contribution in [3.63, 3.8) is 0 Å². The molecule has 37 heavy (non-hydrogen) atoms. The van der Waals surface area contributed by atoms with Gasteiger partial charge in [-0.15, -0.1) is 0 Å². The number of rotatable bonds is 7. The molecule has 3 aliphatic rings. The number of likely N-dealkylation sites (tertiary alicyclic amines) is 1. The van der Waals surface area contributed by atoms with Gasteiger partial charge in [0.25, 0.3) is 0 Å². The zero-order valence-corrected chi connectivity index (χ0v) is 21.2. The second-order valence-corrected chi connectivity index (χ2v) is 12.3. The van der Waals surface area contributed by atoms with Crippen LogP contribution in [-0.2, 0) is 16.3 Å². The summed E-state index contributed by atoms with van der Waals surface area (Å²) in [7, 11) is -3.82. The van der Waals surface area contributed by atoms with Crippen molar-refractivity contribution in [1.29, 1.82) is 0 Å². The van der Waals surface area contributed by atoms with Crippen molar-refractivity contribution >= 4 is 15.5 Å². The van der Waals surface area contributed by atoms with E-state index in [0.717, 1.165) is 25.1 Å². The van der Waals surface area contributed by atoms with E-state index in [1.807, 2.05) is 29.2 Å². The van der Waals surface area contributed by atoms with Crippen LogP contribution in [0.1, 0.15) is 23.5 Å². The minimum Gasteiger partial charge on any atom is -0.492 e. The molecule has 4 heterocycles. The number of ether oxygens (including phenoxy) is 1. The molecule has 1 aromatic heterocycles. The largest absolute Gasteiger partial charge is 0.492 e. The number of pyridine rings is 1. The lowest BCUT2D eigenvalue weighted by Gasteiger charge is -2.46. The Labute approximate surface area is 215 Å². The van der Waals surface area contributed by atoms with E-state index in [1.54, 1.807) is 0 Å². The number of benzene rings is 2. The highest BCUT2D eigenvalue weighted by Gasteiger charge is 2.39. The molecule has 2 unspecified atom stereocenters. The number of halogens is 2. The number of aromatic nitrogens is 1. The fraction of sp³-hybridized carbons (Fsp3) is 0.393. The van der Waals surface area contributed by atoms with E-state index < -0.39 is 15.8 Å². The van der Waals surface area contributed by atoms with Crippen LogP contribution >= 0.6 is 0 Å². The van der Waals surface area contributed by atoms with Crippen LogP contribution in [0.25, 0.3) is 0 Å². The van der Waals surface area contributed by atoms with Crippen molar-refractivity contribution in [1.82, 2.24) is 9.88 Å². The van der Waals surface area contributed by atoms with Gasteiger partial charge in [0.05, 0.1) is 17.5 Å². The molecule has 0 aliphatic carbocycles. The molecule has 2 aromatic carbocycles. The van der Waals surface area contributed by atoms with E-state index in [9.17, 15) is 12.8 Å². The van der Waals surface area contributed by atoms with Crippen molar-refractivity contribution in [2.45, 2.75) is 29.7 Å². The second kappa shape index (κ2) is 9.68. The third-order valence-electron chi connectivity index (χ3n) is 7.82. The van der Waals surface area contributed by atoms with Gasteiger partial charge in [0, 0.05) is 42.8 Å². The predicted molar refractivity (Wildman–Crippen MR) is 137 cm³/mol. The van der Waals surface area contributed by atoms with Crippen LogP contribution in [0, 0.1) is 17.7 Å². The van der Waals surface area contributed by atoms with Crippen LogP contribution < -0.4 is 9.64 Å². The molecule has 2 saturated heterocycles. The SMILES string of the molecule is O=S(=O)(CC1CN(c2cc3c(cc2F)OCC(N2CCC2)C3Cc2ccccc2)C1)c1cccnc1F. The Balaban J connectivity index is 1.23. The summed E-state index contributed by atoms with van der Waals surface area (Å²) in [4.78, 5) is 7.38. The van der Waals surface area contributed by atoms with Gasteiger partial charge >= 0.3 is 0 Å². The standard InChI is InChI=1S/C28H29F2N3O3S/c29-23-14-26-22(21(12-19-6-2-1-3-7-19)25(17-36-26)32-10-5-11-32)13-24(23)33-15-20(16-33)18-37(34,35)27-8-4-9-31-28(27)30/h1-4,6-9,13-14,20-21,25H,5,10-12,15-18H2. The normalized spacial score (nSPS) is 22.1. The van der Waals surface area contributed by atoms with E-state index in [1.165, 1.54) is 36.4 Å². The van der Waals surface area contributed by atoms with Crippen LogP contribution in [-0.4, -0.2) is 62.9 Å². The molecule has 0 N–H and O–H groups in total. The second-order valence-electron chi connectivity index (χ2n) is 10.3. The van der Waals surface area contributed by atoms with E-state index in [4.69, 9.17) is 4.74 Å². The Morgan fingerprint density at radius 2 is 1.81 bits per heavy atom. The maximum absolute atomic E-state index is 15.2. The highest BCUT2D eigenvalue weighted by molar-refractivity contribution is 7.91. The zero-order valence-electron chi connectivity index (χ0n) is 20.4. The first-order valence-electron chi connectivity index (χ1n) is 12.7. The van der Waals surface area contributed by atoms with Gasteiger partial charge in [-0.05, 0) is 49.7 Å². The van der Waals surface area contributed by atoms with Crippen LogP contribution in [0.4, 0.5) is 14.5 Å². The number of fused-ring (bicyclic) bond motifs is 1. The topological polar surface area (TPSA) is 62.7 Å². The average molecular weight is 526 g/mol. The molecular weight excluding hydrogens is 496 g/mol. The lowest BCUT2D eigenvalue weighted by molar-refractivity contribution is 0.0500. The van der Waals surface area contributed by atoms with E-state index in [0.29, 0.717) is 31.1 Å². The fourth-order valence-electron chi connectivity index (χ4n) is 5.74. The Hall–Kier alpha value is -3.04. The summed E-state index contributed by atoms with van der Waals surface area (Å²) in [6.45, 7) is 3.40. The van der Waals surface area contributed by atoms with Gasteiger partial charge in [-0.1, -0.05) is 30.3 Å². The number of hydrogen-bond acceptors (Lipinski definition) is 6. The number of nitrogens with zero attached hydrogens (tertiary/aromatic N) is 3. The van der Waals surface area contributed by atoms with Gasteiger partial charge in [0.15, 0.2) is 9.84 Å². The zero-order chi connectivity index (χ0) is 25.6. The fourth-order valence-corrected chi connectivity index (χ4v) is 7.34. The van der Waals surface area contributed by atoms with Gasteiger partial charge in [-0.3, -0.25) is 4.90 Å². The van der Waals surface area contributed by atoms with Gasteiger partial charge in [-0.2, -0.15) is 4.39 Å². The molecule has 9 heteroatoms. The van der Waals surface area contributed by atoms with Crippen LogP contribution in [0.15, 0.2) is 65.7 Å². The maximum atomic E-state index is 15.2. The van der Waals surface area contributed by atoms with E-state index in [2.05, 4.69) is 22.0 Å². The third-order valence-corrected chi connectivity index (χ3v) is 9.71. The highest BCUT2D eigenvalue weighted by Crippen LogP contribution is 2.43. The summed E-state index contributed by atoms with van der Waals surface area (Å²) in [5, 5.41) is 0. The summed E-state index contributed by atoms with van der Waals surface area (Å²) in [5.41, 5.74) is 2.69. The van der Waals surface area contributed by atoms with Crippen LogP contribution in [0.3, 0.4) is 0 Å². The van der Waals surface area contributed by atoms with E-state index >= 15 is 4.39 Å². The third kappa shape index (κ3) is 4.70. The molecule has 0 amide bonds. The van der Waals surface area contributed by atoms with Crippen molar-refractivity contribution in [3.05, 3.63) is 83.7 Å². The molecule has 0 spiro atoms. The molecule has 0 radical (unpaired) electrons. The quantitative estimate of drug-likeness (QED) is 0.434. The first kappa shape index (κ1) is 24.3. The highest BCUT2D eigenvalue weighted by atomic mass is 32.2. The number of sulfone groups is 1. The number of hydrogen-bond donors (Lipinski definition) is 0.